The third-order valence-electron chi connectivity index (χ3n) is 6.55. The first-order valence-electron chi connectivity index (χ1n) is 11.3. The first kappa shape index (κ1) is 21.3. The summed E-state index contributed by atoms with van der Waals surface area (Å²) in [5.74, 6) is 0.589. The van der Waals surface area contributed by atoms with Crippen molar-refractivity contribution in [2.24, 2.45) is 10.9 Å². The molecule has 0 aromatic heterocycles. The summed E-state index contributed by atoms with van der Waals surface area (Å²) < 4.78 is 0. The lowest BCUT2D eigenvalue weighted by atomic mass is 9.82. The average Bonchev–Trinajstić information content (AvgIpc) is 3.03. The molecule has 1 saturated carbocycles. The summed E-state index contributed by atoms with van der Waals surface area (Å²) in [5.41, 5.74) is 2.59. The molecule has 1 spiro atoms. The van der Waals surface area contributed by atoms with Crippen LogP contribution in [0.1, 0.15) is 63.5 Å². The SMILES string of the molecule is CC1CCC2(CC1)N=C(c1ccccc1)C(=O)N2CC(=O)Nc1ccccc1C(C)C. The third kappa shape index (κ3) is 4.27. The minimum atomic E-state index is -0.607. The molecule has 1 aliphatic carbocycles. The van der Waals surface area contributed by atoms with Gasteiger partial charge in [0.05, 0.1) is 0 Å². The molecule has 0 atom stereocenters. The van der Waals surface area contributed by atoms with Crippen LogP contribution in [-0.4, -0.2) is 34.6 Å². The number of nitrogens with zero attached hydrogens (tertiary/aromatic N) is 2. The molecule has 0 saturated heterocycles. The normalized spacial score (nSPS) is 23.4. The molecule has 2 aromatic carbocycles. The van der Waals surface area contributed by atoms with Crippen LogP contribution in [0.4, 0.5) is 5.69 Å². The Balaban J connectivity index is 1.59. The number of nitrogens with one attached hydrogen (secondary N) is 1. The van der Waals surface area contributed by atoms with Gasteiger partial charge in [0.25, 0.3) is 5.91 Å². The predicted molar refractivity (Wildman–Crippen MR) is 124 cm³/mol. The van der Waals surface area contributed by atoms with Gasteiger partial charge in [-0.05, 0) is 49.1 Å². The number of hydrogen-bond acceptors (Lipinski definition) is 3. The second kappa shape index (κ2) is 8.66. The number of rotatable bonds is 5. The van der Waals surface area contributed by atoms with Crippen molar-refractivity contribution in [3.63, 3.8) is 0 Å². The van der Waals surface area contributed by atoms with E-state index in [9.17, 15) is 9.59 Å². The Morgan fingerprint density at radius 1 is 1.10 bits per heavy atom. The second-order valence-electron chi connectivity index (χ2n) is 9.17. The van der Waals surface area contributed by atoms with Crippen LogP contribution in [0.3, 0.4) is 0 Å². The molecule has 0 unspecified atom stereocenters. The van der Waals surface area contributed by atoms with E-state index in [1.807, 2.05) is 54.6 Å². The second-order valence-corrected chi connectivity index (χ2v) is 9.17. The van der Waals surface area contributed by atoms with E-state index in [0.717, 1.165) is 42.5 Å². The summed E-state index contributed by atoms with van der Waals surface area (Å²) in [5, 5.41) is 3.04. The predicted octanol–water partition coefficient (Wildman–Crippen LogP) is 4.99. The summed E-state index contributed by atoms with van der Waals surface area (Å²) in [4.78, 5) is 33.2. The fourth-order valence-corrected chi connectivity index (χ4v) is 4.69. The maximum Gasteiger partial charge on any atom is 0.275 e. The molecule has 0 radical (unpaired) electrons. The van der Waals surface area contributed by atoms with Crippen LogP contribution in [0.25, 0.3) is 0 Å². The lowest BCUT2D eigenvalue weighted by molar-refractivity contribution is -0.134. The molecule has 0 bridgehead atoms. The van der Waals surface area contributed by atoms with Crippen molar-refractivity contribution < 1.29 is 9.59 Å². The Bertz CT molecular complexity index is 989. The highest BCUT2D eigenvalue weighted by molar-refractivity contribution is 6.47. The Kier molecular flexibility index (Phi) is 5.94. The molecule has 4 rings (SSSR count). The van der Waals surface area contributed by atoms with Gasteiger partial charge < -0.3 is 10.2 Å². The quantitative estimate of drug-likeness (QED) is 0.745. The molecule has 5 nitrogen and oxygen atoms in total. The molecule has 5 heteroatoms. The molecule has 1 fully saturated rings. The first-order valence-corrected chi connectivity index (χ1v) is 11.3. The topological polar surface area (TPSA) is 61.8 Å². The van der Waals surface area contributed by atoms with Crippen molar-refractivity contribution in [2.45, 2.75) is 58.0 Å². The number of benzene rings is 2. The Hall–Kier alpha value is -2.95. The van der Waals surface area contributed by atoms with Gasteiger partial charge in [-0.1, -0.05) is 69.3 Å². The van der Waals surface area contributed by atoms with E-state index in [2.05, 4.69) is 26.1 Å². The summed E-state index contributed by atoms with van der Waals surface area (Å²) in [6.45, 7) is 6.46. The van der Waals surface area contributed by atoms with Gasteiger partial charge in [-0.2, -0.15) is 0 Å². The third-order valence-corrected chi connectivity index (χ3v) is 6.55. The zero-order chi connectivity index (χ0) is 22.0. The number of hydrogen-bond donors (Lipinski definition) is 1. The maximum atomic E-state index is 13.4. The molecular formula is C26H31N3O2. The minimum Gasteiger partial charge on any atom is -0.324 e. The number of carbonyl (C=O) groups is 2. The largest absolute Gasteiger partial charge is 0.324 e. The minimum absolute atomic E-state index is 0.0134. The van der Waals surface area contributed by atoms with Crippen LogP contribution >= 0.6 is 0 Å². The van der Waals surface area contributed by atoms with Gasteiger partial charge in [-0.3, -0.25) is 14.6 Å². The summed E-state index contributed by atoms with van der Waals surface area (Å²) in [7, 11) is 0. The number of aliphatic imine (C=N–C) groups is 1. The van der Waals surface area contributed by atoms with E-state index < -0.39 is 5.66 Å². The maximum absolute atomic E-state index is 13.4. The number of anilines is 1. The molecule has 162 valence electrons. The van der Waals surface area contributed by atoms with Crippen LogP contribution < -0.4 is 5.32 Å². The molecule has 2 aliphatic rings. The molecule has 2 aromatic rings. The van der Waals surface area contributed by atoms with Crippen LogP contribution in [0.5, 0.6) is 0 Å². The molecule has 1 N–H and O–H groups in total. The number of para-hydroxylation sites is 1. The molecular weight excluding hydrogens is 386 g/mol. The molecule has 1 aliphatic heterocycles. The van der Waals surface area contributed by atoms with E-state index in [-0.39, 0.29) is 18.4 Å². The zero-order valence-electron chi connectivity index (χ0n) is 18.6. The van der Waals surface area contributed by atoms with Gasteiger partial charge in [-0.15, -0.1) is 0 Å². The van der Waals surface area contributed by atoms with E-state index in [0.29, 0.717) is 17.5 Å². The van der Waals surface area contributed by atoms with E-state index in [1.54, 1.807) is 4.90 Å². The lowest BCUT2D eigenvalue weighted by Crippen LogP contribution is -2.51. The van der Waals surface area contributed by atoms with Crippen molar-refractivity contribution in [2.75, 3.05) is 11.9 Å². The van der Waals surface area contributed by atoms with Crippen LogP contribution in [0.15, 0.2) is 59.6 Å². The highest BCUT2D eigenvalue weighted by Gasteiger charge is 2.49. The van der Waals surface area contributed by atoms with Gasteiger partial charge in [0.1, 0.15) is 17.9 Å². The van der Waals surface area contributed by atoms with E-state index in [4.69, 9.17) is 4.99 Å². The Labute approximate surface area is 184 Å². The fraction of sp³-hybridized carbons (Fsp3) is 0.423. The van der Waals surface area contributed by atoms with Crippen LogP contribution in [0, 0.1) is 5.92 Å². The summed E-state index contributed by atoms with van der Waals surface area (Å²) >= 11 is 0. The van der Waals surface area contributed by atoms with Crippen LogP contribution in [0.2, 0.25) is 0 Å². The van der Waals surface area contributed by atoms with Crippen LogP contribution in [-0.2, 0) is 9.59 Å². The van der Waals surface area contributed by atoms with Crippen molar-refractivity contribution in [3.8, 4) is 0 Å². The molecule has 31 heavy (non-hydrogen) atoms. The highest BCUT2D eigenvalue weighted by Crippen LogP contribution is 2.41. The van der Waals surface area contributed by atoms with Crippen molar-refractivity contribution in [3.05, 3.63) is 65.7 Å². The standard InChI is InChI=1S/C26H31N3O2/c1-18(2)21-11-7-8-12-22(21)27-23(30)17-29-25(31)24(20-9-5-4-6-10-20)28-26(29)15-13-19(3)14-16-26/h4-12,18-19H,13-17H2,1-3H3,(H,27,30). The van der Waals surface area contributed by atoms with Gasteiger partial charge >= 0.3 is 0 Å². The molecule has 1 heterocycles. The van der Waals surface area contributed by atoms with Gasteiger partial charge in [-0.25, -0.2) is 0 Å². The zero-order valence-corrected chi connectivity index (χ0v) is 18.6. The van der Waals surface area contributed by atoms with Gasteiger partial charge in [0, 0.05) is 11.3 Å². The van der Waals surface area contributed by atoms with E-state index in [1.165, 1.54) is 0 Å². The summed E-state index contributed by atoms with van der Waals surface area (Å²) in [6.07, 6.45) is 3.61. The Morgan fingerprint density at radius 2 is 1.74 bits per heavy atom. The lowest BCUT2D eigenvalue weighted by Gasteiger charge is -2.40. The molecule has 2 amide bonds. The summed E-state index contributed by atoms with van der Waals surface area (Å²) in [6, 6.07) is 17.4. The number of carbonyl (C=O) groups excluding carboxylic acids is 2. The number of amides is 2. The monoisotopic (exact) mass is 417 g/mol. The van der Waals surface area contributed by atoms with Gasteiger partial charge in [0.15, 0.2) is 0 Å². The van der Waals surface area contributed by atoms with Crippen molar-refractivity contribution in [1.29, 1.82) is 0 Å². The van der Waals surface area contributed by atoms with Crippen molar-refractivity contribution in [1.82, 2.24) is 4.90 Å². The van der Waals surface area contributed by atoms with Crippen molar-refractivity contribution >= 4 is 23.2 Å². The van der Waals surface area contributed by atoms with Gasteiger partial charge in [0.2, 0.25) is 5.91 Å². The smallest absolute Gasteiger partial charge is 0.275 e. The first-order chi connectivity index (χ1) is 14.9. The fourth-order valence-electron chi connectivity index (χ4n) is 4.69. The highest BCUT2D eigenvalue weighted by atomic mass is 16.2. The average molecular weight is 418 g/mol. The van der Waals surface area contributed by atoms with E-state index >= 15 is 0 Å². The Morgan fingerprint density at radius 3 is 2.42 bits per heavy atom.